The van der Waals surface area contributed by atoms with Gasteiger partial charge in [-0.15, -0.1) is 0 Å². The molecule has 1 aliphatic heterocycles. The number of benzene rings is 2. The second-order valence-corrected chi connectivity index (χ2v) is 5.68. The predicted molar refractivity (Wildman–Crippen MR) is 84.6 cm³/mol. The lowest BCUT2D eigenvalue weighted by atomic mass is 10.2. The number of rotatable bonds is 4. The Balaban J connectivity index is 1.83. The van der Waals surface area contributed by atoms with Gasteiger partial charge in [-0.25, -0.2) is 0 Å². The minimum atomic E-state index is 0.186. The minimum absolute atomic E-state index is 0.186. The van der Waals surface area contributed by atoms with Crippen LogP contribution >= 0.6 is 11.6 Å². The quantitative estimate of drug-likeness (QED) is 0.919. The number of halogens is 1. The summed E-state index contributed by atoms with van der Waals surface area (Å²) in [6.45, 7) is 3.89. The van der Waals surface area contributed by atoms with Crippen molar-refractivity contribution in [1.29, 1.82) is 0 Å². The van der Waals surface area contributed by atoms with Crippen LogP contribution in [-0.4, -0.2) is 19.2 Å². The Hall–Kier alpha value is -1.71. The van der Waals surface area contributed by atoms with E-state index in [1.807, 2.05) is 43.3 Å². The van der Waals surface area contributed by atoms with E-state index in [1.54, 1.807) is 6.07 Å². The lowest BCUT2D eigenvalue weighted by Gasteiger charge is -2.16. The first-order valence-corrected chi connectivity index (χ1v) is 7.50. The van der Waals surface area contributed by atoms with E-state index >= 15 is 0 Å². The molecule has 1 aliphatic rings. The highest BCUT2D eigenvalue weighted by Crippen LogP contribution is 2.35. The topological polar surface area (TPSA) is 30.5 Å². The maximum Gasteiger partial charge on any atom is 0.170 e. The molecule has 4 heteroatoms. The van der Waals surface area contributed by atoms with Crippen LogP contribution in [0.4, 0.5) is 0 Å². The number of aryl methyl sites for hydroxylation is 1. The maximum absolute atomic E-state index is 6.08. The van der Waals surface area contributed by atoms with Crippen LogP contribution in [0.15, 0.2) is 42.5 Å². The summed E-state index contributed by atoms with van der Waals surface area (Å²) in [6, 6.07) is 13.4. The second-order valence-electron chi connectivity index (χ2n) is 5.24. The first-order chi connectivity index (χ1) is 10.2. The van der Waals surface area contributed by atoms with Crippen LogP contribution in [-0.2, 0) is 0 Å². The monoisotopic (exact) mass is 303 g/mol. The zero-order valence-corrected chi connectivity index (χ0v) is 12.7. The van der Waals surface area contributed by atoms with Crippen molar-refractivity contribution < 1.29 is 9.47 Å². The highest BCUT2D eigenvalue weighted by molar-refractivity contribution is 6.30. The molecule has 1 heterocycles. The highest BCUT2D eigenvalue weighted by Gasteiger charge is 2.18. The summed E-state index contributed by atoms with van der Waals surface area (Å²) in [5.74, 6) is 2.17. The van der Waals surface area contributed by atoms with Crippen LogP contribution in [0.3, 0.4) is 0 Å². The predicted octanol–water partition coefficient (Wildman–Crippen LogP) is 4.18. The molecule has 0 unspecified atom stereocenters. The van der Waals surface area contributed by atoms with E-state index in [0.717, 1.165) is 36.6 Å². The SMILES string of the molecule is Cc1cccc(Oc2cc(Cl)ccc2O[C@H]2CCNC2)c1. The molecular formula is C17H18ClNO2. The zero-order chi connectivity index (χ0) is 14.7. The largest absolute Gasteiger partial charge is 0.485 e. The molecule has 0 amide bonds. The smallest absolute Gasteiger partial charge is 0.170 e. The Labute approximate surface area is 129 Å². The number of ether oxygens (including phenoxy) is 2. The van der Waals surface area contributed by atoms with Crippen molar-refractivity contribution in [3.8, 4) is 17.2 Å². The van der Waals surface area contributed by atoms with Crippen LogP contribution < -0.4 is 14.8 Å². The molecule has 3 rings (SSSR count). The van der Waals surface area contributed by atoms with E-state index in [1.165, 1.54) is 0 Å². The van der Waals surface area contributed by atoms with E-state index in [-0.39, 0.29) is 6.10 Å². The summed E-state index contributed by atoms with van der Waals surface area (Å²) in [4.78, 5) is 0. The third kappa shape index (κ3) is 3.69. The van der Waals surface area contributed by atoms with Gasteiger partial charge in [0.25, 0.3) is 0 Å². The van der Waals surface area contributed by atoms with Gasteiger partial charge in [0.2, 0.25) is 0 Å². The molecular weight excluding hydrogens is 286 g/mol. The van der Waals surface area contributed by atoms with E-state index in [9.17, 15) is 0 Å². The lowest BCUT2D eigenvalue weighted by molar-refractivity contribution is 0.215. The molecule has 21 heavy (non-hydrogen) atoms. The molecule has 0 aromatic heterocycles. The molecule has 1 fully saturated rings. The first-order valence-electron chi connectivity index (χ1n) is 7.12. The summed E-state index contributed by atoms with van der Waals surface area (Å²) in [5, 5.41) is 3.92. The average Bonchev–Trinajstić information content (AvgIpc) is 2.95. The fourth-order valence-electron chi connectivity index (χ4n) is 2.37. The zero-order valence-electron chi connectivity index (χ0n) is 11.9. The molecule has 0 bridgehead atoms. The summed E-state index contributed by atoms with van der Waals surface area (Å²) in [7, 11) is 0. The van der Waals surface area contributed by atoms with Gasteiger partial charge < -0.3 is 14.8 Å². The normalized spacial score (nSPS) is 17.7. The fraction of sp³-hybridized carbons (Fsp3) is 0.294. The number of hydrogen-bond donors (Lipinski definition) is 1. The van der Waals surface area contributed by atoms with Gasteiger partial charge in [0.1, 0.15) is 11.9 Å². The van der Waals surface area contributed by atoms with E-state index in [2.05, 4.69) is 5.32 Å². The number of hydrogen-bond acceptors (Lipinski definition) is 3. The third-order valence-electron chi connectivity index (χ3n) is 3.43. The Kier molecular flexibility index (Phi) is 4.32. The summed E-state index contributed by atoms with van der Waals surface area (Å²) < 4.78 is 12.0. The summed E-state index contributed by atoms with van der Waals surface area (Å²) in [6.07, 6.45) is 1.19. The van der Waals surface area contributed by atoms with Crippen molar-refractivity contribution in [2.24, 2.45) is 0 Å². The standard InChI is InChI=1S/C17H18ClNO2/c1-12-3-2-4-14(9-12)20-17-10-13(18)5-6-16(17)21-15-7-8-19-11-15/h2-6,9-10,15,19H,7-8,11H2,1H3/t15-/m0/s1. The van der Waals surface area contributed by atoms with Gasteiger partial charge in [0.05, 0.1) is 0 Å². The minimum Gasteiger partial charge on any atom is -0.485 e. The Morgan fingerprint density at radius 3 is 2.81 bits per heavy atom. The van der Waals surface area contributed by atoms with Gasteiger partial charge in [0.15, 0.2) is 11.5 Å². The van der Waals surface area contributed by atoms with Crippen molar-refractivity contribution >= 4 is 11.6 Å². The molecule has 0 spiro atoms. The van der Waals surface area contributed by atoms with Gasteiger partial charge in [-0.1, -0.05) is 23.7 Å². The molecule has 1 saturated heterocycles. The van der Waals surface area contributed by atoms with Gasteiger partial charge in [0, 0.05) is 17.6 Å². The van der Waals surface area contributed by atoms with E-state index < -0.39 is 0 Å². The van der Waals surface area contributed by atoms with Gasteiger partial charge in [-0.3, -0.25) is 0 Å². The molecule has 0 aliphatic carbocycles. The van der Waals surface area contributed by atoms with Crippen molar-refractivity contribution in [3.63, 3.8) is 0 Å². The Morgan fingerprint density at radius 2 is 2.05 bits per heavy atom. The average molecular weight is 304 g/mol. The van der Waals surface area contributed by atoms with Crippen LogP contribution in [0.2, 0.25) is 5.02 Å². The summed E-state index contributed by atoms with van der Waals surface area (Å²) in [5.41, 5.74) is 1.15. The van der Waals surface area contributed by atoms with Gasteiger partial charge in [-0.05, 0) is 49.7 Å². The lowest BCUT2D eigenvalue weighted by Crippen LogP contribution is -2.19. The first kappa shape index (κ1) is 14.2. The molecule has 0 radical (unpaired) electrons. The highest BCUT2D eigenvalue weighted by atomic mass is 35.5. The van der Waals surface area contributed by atoms with E-state index in [0.29, 0.717) is 10.8 Å². The molecule has 110 valence electrons. The summed E-state index contributed by atoms with van der Waals surface area (Å²) >= 11 is 6.08. The Bertz CT molecular complexity index is 624. The van der Waals surface area contributed by atoms with Crippen LogP contribution in [0.5, 0.6) is 17.2 Å². The molecule has 2 aromatic carbocycles. The van der Waals surface area contributed by atoms with Gasteiger partial charge in [-0.2, -0.15) is 0 Å². The van der Waals surface area contributed by atoms with E-state index in [4.69, 9.17) is 21.1 Å². The molecule has 2 aromatic rings. The Morgan fingerprint density at radius 1 is 1.14 bits per heavy atom. The van der Waals surface area contributed by atoms with Crippen LogP contribution in [0, 0.1) is 6.92 Å². The second kappa shape index (κ2) is 6.37. The van der Waals surface area contributed by atoms with Crippen molar-refractivity contribution in [3.05, 3.63) is 53.1 Å². The number of nitrogens with one attached hydrogen (secondary N) is 1. The molecule has 1 atom stereocenters. The van der Waals surface area contributed by atoms with Crippen molar-refractivity contribution in [2.75, 3.05) is 13.1 Å². The molecule has 3 nitrogen and oxygen atoms in total. The molecule has 1 N–H and O–H groups in total. The van der Waals surface area contributed by atoms with Crippen LogP contribution in [0.1, 0.15) is 12.0 Å². The van der Waals surface area contributed by atoms with Crippen molar-refractivity contribution in [1.82, 2.24) is 5.32 Å². The van der Waals surface area contributed by atoms with Crippen molar-refractivity contribution in [2.45, 2.75) is 19.4 Å². The molecule has 0 saturated carbocycles. The fourth-order valence-corrected chi connectivity index (χ4v) is 2.54. The van der Waals surface area contributed by atoms with Crippen LogP contribution in [0.25, 0.3) is 0 Å². The maximum atomic E-state index is 6.08. The van der Waals surface area contributed by atoms with Gasteiger partial charge >= 0.3 is 0 Å². The third-order valence-corrected chi connectivity index (χ3v) is 3.67.